The van der Waals surface area contributed by atoms with Crippen LogP contribution in [0.4, 0.5) is 5.69 Å². The summed E-state index contributed by atoms with van der Waals surface area (Å²) in [5.74, 6) is -0.617. The number of nitro groups is 1. The Bertz CT molecular complexity index is 1930. The van der Waals surface area contributed by atoms with Crippen LogP contribution in [0.3, 0.4) is 0 Å². The van der Waals surface area contributed by atoms with E-state index in [0.717, 1.165) is 4.68 Å². The van der Waals surface area contributed by atoms with Crippen molar-refractivity contribution < 1.29 is 28.3 Å². The summed E-state index contributed by atoms with van der Waals surface area (Å²) in [6.45, 7) is 3.16. The van der Waals surface area contributed by atoms with Gasteiger partial charge in [-0.3, -0.25) is 14.9 Å². The Balaban J connectivity index is 1.63. The molecule has 0 spiro atoms. The lowest BCUT2D eigenvalue weighted by Gasteiger charge is -2.16. The van der Waals surface area contributed by atoms with Crippen molar-refractivity contribution in [3.05, 3.63) is 91.7 Å². The third-order valence-electron chi connectivity index (χ3n) is 6.16. The van der Waals surface area contributed by atoms with Gasteiger partial charge in [0.05, 0.1) is 35.8 Å². The van der Waals surface area contributed by atoms with Gasteiger partial charge >= 0.3 is 11.7 Å². The lowest BCUT2D eigenvalue weighted by Crippen LogP contribution is -2.26. The Morgan fingerprint density at radius 3 is 2.74 bits per heavy atom. The van der Waals surface area contributed by atoms with Crippen LogP contribution in [0.15, 0.2) is 75.0 Å². The number of hydrogen-bond donors (Lipinski definition) is 0. The minimum absolute atomic E-state index is 0.0276. The number of methoxy groups -OCH3 is 1. The molecule has 0 fully saturated rings. The van der Waals surface area contributed by atoms with Crippen LogP contribution in [0, 0.1) is 10.1 Å². The van der Waals surface area contributed by atoms with Crippen molar-refractivity contribution in [1.29, 1.82) is 0 Å². The second-order valence-electron chi connectivity index (χ2n) is 8.95. The maximum atomic E-state index is 13.6. The summed E-state index contributed by atoms with van der Waals surface area (Å²) < 4.78 is 22.8. The molecule has 2 heterocycles. The molecule has 0 aliphatic rings. The first-order chi connectivity index (χ1) is 20.2. The fraction of sp³-hybridized carbons (Fsp3) is 0.172. The molecule has 2 aromatic heterocycles. The summed E-state index contributed by atoms with van der Waals surface area (Å²) in [5, 5.41) is 17.8. The van der Waals surface area contributed by atoms with E-state index in [0.29, 0.717) is 26.9 Å². The summed E-state index contributed by atoms with van der Waals surface area (Å²) in [5.41, 5.74) is 0.190. The summed E-state index contributed by atoms with van der Waals surface area (Å²) >= 11 is 6.13. The summed E-state index contributed by atoms with van der Waals surface area (Å²) in [7, 11) is 1.30. The van der Waals surface area contributed by atoms with Crippen molar-refractivity contribution >= 4 is 51.3 Å². The molecule has 0 N–H and O–H groups in total. The van der Waals surface area contributed by atoms with E-state index in [1.54, 1.807) is 55.5 Å². The van der Waals surface area contributed by atoms with Gasteiger partial charge in [0.1, 0.15) is 5.58 Å². The maximum absolute atomic E-state index is 13.6. The second kappa shape index (κ2) is 11.7. The molecule has 214 valence electrons. The molecule has 0 amide bonds. The maximum Gasteiger partial charge on any atom is 0.347 e. The Labute approximate surface area is 242 Å². The Morgan fingerprint density at radius 2 is 2.00 bits per heavy atom. The monoisotopic (exact) mass is 590 g/mol. The van der Waals surface area contributed by atoms with Gasteiger partial charge in [-0.2, -0.15) is 9.78 Å². The first-order valence-electron chi connectivity index (χ1n) is 12.7. The van der Waals surface area contributed by atoms with E-state index in [2.05, 4.69) is 10.1 Å². The SMILES string of the molecule is CCOC(=O)[C@@H](C)Oc1c(OC)cc(C=Nn2c(-c3cc4cc(Cl)ccc4o3)nc3ccccc3c2=O)cc1[N+](=O)[O-]. The fourth-order valence-corrected chi connectivity index (χ4v) is 4.39. The number of hydrogen-bond acceptors (Lipinski definition) is 10. The number of ether oxygens (including phenoxy) is 3. The Hall–Kier alpha value is -5.23. The van der Waals surface area contributed by atoms with Crippen LogP contribution in [0.5, 0.6) is 11.5 Å². The van der Waals surface area contributed by atoms with Crippen LogP contribution in [0.25, 0.3) is 33.5 Å². The summed E-state index contributed by atoms with van der Waals surface area (Å²) in [6, 6.07) is 16.1. The molecule has 0 saturated carbocycles. The number of furan rings is 1. The Kier molecular flexibility index (Phi) is 7.89. The standard InChI is InChI=1S/C29H23ClN4O8/c1-4-40-29(36)16(2)41-26-22(34(37)38)11-17(12-24(26)39-3)15-31-33-27(32-21-8-6-5-7-20(21)28(33)35)25-14-18-13-19(30)9-10-23(18)42-25/h5-16H,4H2,1-3H3/t16-/m1/s1. The number of aromatic nitrogens is 2. The molecule has 1 atom stereocenters. The number of rotatable bonds is 9. The molecule has 5 aromatic rings. The molecule has 3 aromatic carbocycles. The van der Waals surface area contributed by atoms with Gasteiger partial charge in [0.15, 0.2) is 17.6 Å². The number of nitro benzene ring substituents is 1. The highest BCUT2D eigenvalue weighted by atomic mass is 35.5. The van der Waals surface area contributed by atoms with E-state index in [4.69, 9.17) is 30.2 Å². The van der Waals surface area contributed by atoms with Gasteiger partial charge in [-0.15, -0.1) is 0 Å². The molecular formula is C29H23ClN4O8. The zero-order valence-electron chi connectivity index (χ0n) is 22.6. The molecule has 0 aliphatic carbocycles. The van der Waals surface area contributed by atoms with Gasteiger partial charge in [-0.25, -0.2) is 9.78 Å². The minimum Gasteiger partial charge on any atom is -0.493 e. The van der Waals surface area contributed by atoms with Crippen LogP contribution < -0.4 is 15.0 Å². The molecule has 0 unspecified atom stereocenters. The van der Waals surface area contributed by atoms with E-state index in [1.165, 1.54) is 32.4 Å². The van der Waals surface area contributed by atoms with Crippen molar-refractivity contribution in [3.63, 3.8) is 0 Å². The van der Waals surface area contributed by atoms with Crippen molar-refractivity contribution in [2.45, 2.75) is 20.0 Å². The first-order valence-corrected chi connectivity index (χ1v) is 13.0. The lowest BCUT2D eigenvalue weighted by molar-refractivity contribution is -0.386. The second-order valence-corrected chi connectivity index (χ2v) is 9.38. The highest BCUT2D eigenvalue weighted by Crippen LogP contribution is 2.39. The van der Waals surface area contributed by atoms with Gasteiger partial charge in [0, 0.05) is 22.0 Å². The zero-order chi connectivity index (χ0) is 30.0. The van der Waals surface area contributed by atoms with E-state index in [1.807, 2.05) is 0 Å². The molecule has 42 heavy (non-hydrogen) atoms. The molecule has 5 rings (SSSR count). The van der Waals surface area contributed by atoms with E-state index >= 15 is 0 Å². The molecule has 0 saturated heterocycles. The normalized spacial score (nSPS) is 12.1. The number of fused-ring (bicyclic) bond motifs is 2. The van der Waals surface area contributed by atoms with E-state index in [9.17, 15) is 19.7 Å². The third-order valence-corrected chi connectivity index (χ3v) is 6.40. The fourth-order valence-electron chi connectivity index (χ4n) is 4.21. The average Bonchev–Trinajstić information content (AvgIpc) is 3.40. The number of carbonyl (C=O) groups is 1. The van der Waals surface area contributed by atoms with Crippen LogP contribution >= 0.6 is 11.6 Å². The molecule has 0 aliphatic heterocycles. The van der Waals surface area contributed by atoms with Crippen LogP contribution in [0.2, 0.25) is 5.02 Å². The molecule has 0 radical (unpaired) electrons. The molecule has 0 bridgehead atoms. The van der Waals surface area contributed by atoms with E-state index < -0.39 is 28.2 Å². The minimum atomic E-state index is -1.14. The van der Waals surface area contributed by atoms with Crippen LogP contribution in [-0.2, 0) is 9.53 Å². The van der Waals surface area contributed by atoms with Gasteiger partial charge < -0.3 is 18.6 Å². The van der Waals surface area contributed by atoms with Gasteiger partial charge in [-0.05, 0) is 56.3 Å². The van der Waals surface area contributed by atoms with Gasteiger partial charge in [0.2, 0.25) is 11.6 Å². The lowest BCUT2D eigenvalue weighted by atomic mass is 10.1. The average molecular weight is 591 g/mol. The summed E-state index contributed by atoms with van der Waals surface area (Å²) in [6.07, 6.45) is 0.107. The van der Waals surface area contributed by atoms with Crippen molar-refractivity contribution in [2.75, 3.05) is 13.7 Å². The summed E-state index contributed by atoms with van der Waals surface area (Å²) in [4.78, 5) is 41.5. The van der Waals surface area contributed by atoms with Gasteiger partial charge in [0.25, 0.3) is 5.56 Å². The largest absolute Gasteiger partial charge is 0.493 e. The first kappa shape index (κ1) is 28.3. The molecule has 12 nitrogen and oxygen atoms in total. The molecule has 13 heteroatoms. The highest BCUT2D eigenvalue weighted by molar-refractivity contribution is 6.31. The quantitative estimate of drug-likeness (QED) is 0.0926. The predicted molar refractivity (Wildman–Crippen MR) is 156 cm³/mol. The number of benzene rings is 3. The van der Waals surface area contributed by atoms with Crippen LogP contribution in [-0.4, -0.2) is 46.6 Å². The highest BCUT2D eigenvalue weighted by Gasteiger charge is 2.27. The number of carbonyl (C=O) groups excluding carboxylic acids is 1. The third kappa shape index (κ3) is 5.52. The number of esters is 1. The van der Waals surface area contributed by atoms with Crippen molar-refractivity contribution in [3.8, 4) is 23.1 Å². The topological polar surface area (TPSA) is 148 Å². The number of para-hydroxylation sites is 1. The van der Waals surface area contributed by atoms with Crippen molar-refractivity contribution in [2.24, 2.45) is 5.10 Å². The smallest absolute Gasteiger partial charge is 0.347 e. The predicted octanol–water partition coefficient (Wildman–Crippen LogP) is 5.59. The van der Waals surface area contributed by atoms with Gasteiger partial charge in [-0.1, -0.05) is 23.7 Å². The number of halogens is 1. The molecular weight excluding hydrogens is 568 g/mol. The number of nitrogens with zero attached hydrogens (tertiary/aromatic N) is 4. The zero-order valence-corrected chi connectivity index (χ0v) is 23.3. The van der Waals surface area contributed by atoms with Crippen molar-refractivity contribution in [1.82, 2.24) is 9.66 Å². The van der Waals surface area contributed by atoms with Crippen LogP contribution in [0.1, 0.15) is 19.4 Å². The Morgan fingerprint density at radius 1 is 1.21 bits per heavy atom. The van der Waals surface area contributed by atoms with E-state index in [-0.39, 0.29) is 35.3 Å².